The van der Waals surface area contributed by atoms with E-state index in [2.05, 4.69) is 13.8 Å². The van der Waals surface area contributed by atoms with Gasteiger partial charge in [-0.15, -0.1) is 0 Å². The molecular weight excluding hydrogens is 376 g/mol. The molecule has 2 aliphatic rings. The number of ketones is 1. The molecule has 0 heterocycles. The Bertz CT molecular complexity index is 786. The van der Waals surface area contributed by atoms with Crippen molar-refractivity contribution in [1.82, 2.24) is 0 Å². The van der Waals surface area contributed by atoms with Crippen molar-refractivity contribution in [2.75, 3.05) is 19.5 Å². The van der Waals surface area contributed by atoms with Crippen molar-refractivity contribution in [3.8, 4) is 5.75 Å². The van der Waals surface area contributed by atoms with E-state index in [0.29, 0.717) is 35.4 Å². The number of rotatable bonds is 8. The highest BCUT2D eigenvalue weighted by molar-refractivity contribution is 7.91. The number of Topliss-reactive ketones (excluding diaryl/α,β-unsaturated/α-hetero) is 1. The fourth-order valence-electron chi connectivity index (χ4n) is 5.28. The van der Waals surface area contributed by atoms with Crippen LogP contribution in [0.1, 0.15) is 52.4 Å². The van der Waals surface area contributed by atoms with E-state index in [1.165, 1.54) is 0 Å². The van der Waals surface area contributed by atoms with Crippen LogP contribution in [-0.4, -0.2) is 39.8 Å². The van der Waals surface area contributed by atoms with Crippen LogP contribution < -0.4 is 4.74 Å². The number of hydrogen-bond acceptors (Lipinski definition) is 5. The molecule has 4 unspecified atom stereocenters. The molecule has 4 atom stereocenters. The molecule has 2 fully saturated rings. The number of ether oxygens (including phenoxy) is 2. The topological polar surface area (TPSA) is 69.7 Å². The zero-order chi connectivity index (χ0) is 20.4. The SMILES string of the molecule is COc1ccc(S(=O)(=O)CCCOC(C)C2CCC3C(=O)CCCC32C)cc1. The van der Waals surface area contributed by atoms with E-state index in [9.17, 15) is 13.2 Å². The third kappa shape index (κ3) is 4.28. The Balaban J connectivity index is 1.50. The lowest BCUT2D eigenvalue weighted by Crippen LogP contribution is -2.41. The van der Waals surface area contributed by atoms with E-state index < -0.39 is 9.84 Å². The quantitative estimate of drug-likeness (QED) is 0.607. The monoisotopic (exact) mass is 408 g/mol. The minimum Gasteiger partial charge on any atom is -0.497 e. The van der Waals surface area contributed by atoms with Crippen LogP contribution in [0.15, 0.2) is 29.2 Å². The lowest BCUT2D eigenvalue weighted by molar-refractivity contribution is -0.131. The lowest BCUT2D eigenvalue weighted by Gasteiger charge is -2.42. The van der Waals surface area contributed by atoms with E-state index in [4.69, 9.17) is 9.47 Å². The second kappa shape index (κ2) is 8.54. The zero-order valence-electron chi connectivity index (χ0n) is 17.1. The molecule has 28 heavy (non-hydrogen) atoms. The Morgan fingerprint density at radius 3 is 2.61 bits per heavy atom. The van der Waals surface area contributed by atoms with Gasteiger partial charge in [-0.25, -0.2) is 8.42 Å². The van der Waals surface area contributed by atoms with E-state index in [1.807, 2.05) is 0 Å². The first kappa shape index (κ1) is 21.3. The summed E-state index contributed by atoms with van der Waals surface area (Å²) in [7, 11) is -1.77. The Labute approximate surface area is 168 Å². The minimum absolute atomic E-state index is 0.0456. The summed E-state index contributed by atoms with van der Waals surface area (Å²) in [6.45, 7) is 4.75. The van der Waals surface area contributed by atoms with E-state index >= 15 is 0 Å². The highest BCUT2D eigenvalue weighted by Crippen LogP contribution is 2.55. The number of benzene rings is 1. The first-order valence-electron chi connectivity index (χ1n) is 10.3. The van der Waals surface area contributed by atoms with Gasteiger partial charge in [-0.05, 0) is 74.6 Å². The highest BCUT2D eigenvalue weighted by atomic mass is 32.2. The van der Waals surface area contributed by atoms with E-state index in [-0.39, 0.29) is 23.2 Å². The lowest BCUT2D eigenvalue weighted by atomic mass is 9.64. The number of hydrogen-bond donors (Lipinski definition) is 0. The highest BCUT2D eigenvalue weighted by Gasteiger charge is 2.52. The number of carbonyl (C=O) groups excluding carboxylic acids is 1. The minimum atomic E-state index is -3.32. The summed E-state index contributed by atoms with van der Waals surface area (Å²) in [5.41, 5.74) is 0.0456. The average molecular weight is 409 g/mol. The van der Waals surface area contributed by atoms with Gasteiger partial charge in [0.05, 0.1) is 23.9 Å². The van der Waals surface area contributed by atoms with Gasteiger partial charge in [0.2, 0.25) is 0 Å². The van der Waals surface area contributed by atoms with Crippen molar-refractivity contribution in [3.05, 3.63) is 24.3 Å². The van der Waals surface area contributed by atoms with Crippen molar-refractivity contribution in [2.24, 2.45) is 17.3 Å². The Morgan fingerprint density at radius 2 is 1.93 bits per heavy atom. The molecule has 1 aromatic carbocycles. The number of methoxy groups -OCH3 is 1. The van der Waals surface area contributed by atoms with Crippen LogP contribution >= 0.6 is 0 Å². The molecule has 2 saturated carbocycles. The molecule has 0 spiro atoms. The van der Waals surface area contributed by atoms with E-state index in [0.717, 1.165) is 32.1 Å². The van der Waals surface area contributed by atoms with Crippen molar-refractivity contribution in [2.45, 2.75) is 63.4 Å². The number of fused-ring (bicyclic) bond motifs is 1. The zero-order valence-corrected chi connectivity index (χ0v) is 18.0. The maximum Gasteiger partial charge on any atom is 0.178 e. The van der Waals surface area contributed by atoms with Gasteiger partial charge in [-0.3, -0.25) is 4.79 Å². The average Bonchev–Trinajstić information content (AvgIpc) is 3.03. The fraction of sp³-hybridized carbons (Fsp3) is 0.682. The van der Waals surface area contributed by atoms with Gasteiger partial charge in [0.1, 0.15) is 11.5 Å². The first-order valence-corrected chi connectivity index (χ1v) is 11.9. The molecule has 156 valence electrons. The molecule has 0 amide bonds. The Hall–Kier alpha value is -1.40. The predicted molar refractivity (Wildman–Crippen MR) is 108 cm³/mol. The molecule has 2 aliphatic carbocycles. The molecule has 0 saturated heterocycles. The summed E-state index contributed by atoms with van der Waals surface area (Å²) in [6, 6.07) is 6.48. The van der Waals surface area contributed by atoms with Crippen LogP contribution in [0.3, 0.4) is 0 Å². The van der Waals surface area contributed by atoms with Gasteiger partial charge >= 0.3 is 0 Å². The molecule has 0 aromatic heterocycles. The van der Waals surface area contributed by atoms with Crippen molar-refractivity contribution in [3.63, 3.8) is 0 Å². The van der Waals surface area contributed by atoms with Crippen LogP contribution in [-0.2, 0) is 19.4 Å². The van der Waals surface area contributed by atoms with Crippen LogP contribution in [0.25, 0.3) is 0 Å². The van der Waals surface area contributed by atoms with Crippen molar-refractivity contribution >= 4 is 15.6 Å². The van der Waals surface area contributed by atoms with Crippen LogP contribution in [0.2, 0.25) is 0 Å². The van der Waals surface area contributed by atoms with Gasteiger partial charge in [0.15, 0.2) is 9.84 Å². The molecule has 0 N–H and O–H groups in total. The Morgan fingerprint density at radius 1 is 1.21 bits per heavy atom. The normalized spacial score (nSPS) is 28.8. The standard InChI is InChI=1S/C22H32O5S/c1-16(19-11-12-20-21(23)6-4-13-22(19,20)2)27-14-5-15-28(24,25)18-9-7-17(26-3)8-10-18/h7-10,16,19-20H,4-6,11-15H2,1-3H3. The van der Waals surface area contributed by atoms with E-state index in [1.54, 1.807) is 31.4 Å². The number of carbonyl (C=O) groups is 1. The van der Waals surface area contributed by atoms with Crippen LogP contribution in [0.5, 0.6) is 5.75 Å². The summed E-state index contributed by atoms with van der Waals surface area (Å²) in [5, 5.41) is 0. The summed E-state index contributed by atoms with van der Waals surface area (Å²) >= 11 is 0. The van der Waals surface area contributed by atoms with Crippen LogP contribution in [0, 0.1) is 17.3 Å². The number of sulfone groups is 1. The van der Waals surface area contributed by atoms with Gasteiger partial charge < -0.3 is 9.47 Å². The fourth-order valence-corrected chi connectivity index (χ4v) is 6.56. The second-order valence-corrected chi connectivity index (χ2v) is 10.6. The Kier molecular flexibility index (Phi) is 6.50. The van der Waals surface area contributed by atoms with Crippen LogP contribution in [0.4, 0.5) is 0 Å². The molecule has 0 radical (unpaired) electrons. The van der Waals surface area contributed by atoms with Gasteiger partial charge in [0, 0.05) is 18.9 Å². The second-order valence-electron chi connectivity index (χ2n) is 8.49. The third-order valence-corrected chi connectivity index (χ3v) is 8.68. The van der Waals surface area contributed by atoms with Gasteiger partial charge in [-0.2, -0.15) is 0 Å². The summed E-state index contributed by atoms with van der Waals surface area (Å²) in [5.74, 6) is 1.69. The molecule has 3 rings (SSSR count). The molecule has 0 bridgehead atoms. The molecule has 1 aromatic rings. The predicted octanol–water partition coefficient (Wildman–Crippen LogP) is 4.05. The maximum absolute atomic E-state index is 12.5. The first-order chi connectivity index (χ1) is 13.3. The third-order valence-electron chi connectivity index (χ3n) is 6.86. The van der Waals surface area contributed by atoms with Gasteiger partial charge in [-0.1, -0.05) is 6.92 Å². The summed E-state index contributed by atoms with van der Waals surface area (Å²) in [6.07, 6.45) is 5.31. The molecule has 6 heteroatoms. The van der Waals surface area contributed by atoms with Crippen molar-refractivity contribution in [1.29, 1.82) is 0 Å². The smallest absolute Gasteiger partial charge is 0.178 e. The summed E-state index contributed by atoms with van der Waals surface area (Å²) < 4.78 is 36.1. The molecule has 5 nitrogen and oxygen atoms in total. The van der Waals surface area contributed by atoms with Gasteiger partial charge in [0.25, 0.3) is 0 Å². The maximum atomic E-state index is 12.5. The molecule has 0 aliphatic heterocycles. The molecular formula is C22H32O5S. The largest absolute Gasteiger partial charge is 0.497 e. The summed E-state index contributed by atoms with van der Waals surface area (Å²) in [4.78, 5) is 12.6. The van der Waals surface area contributed by atoms with Crippen molar-refractivity contribution < 1.29 is 22.7 Å².